The van der Waals surface area contributed by atoms with Gasteiger partial charge in [-0.1, -0.05) is 18.5 Å². The summed E-state index contributed by atoms with van der Waals surface area (Å²) in [5.74, 6) is 1.56. The Kier molecular flexibility index (Phi) is 7.79. The summed E-state index contributed by atoms with van der Waals surface area (Å²) in [6.07, 6.45) is 6.23. The van der Waals surface area contributed by atoms with Gasteiger partial charge in [0, 0.05) is 42.5 Å². The van der Waals surface area contributed by atoms with Gasteiger partial charge in [0.1, 0.15) is 6.04 Å². The van der Waals surface area contributed by atoms with Gasteiger partial charge in [-0.2, -0.15) is 4.72 Å². The Morgan fingerprint density at radius 2 is 2.03 bits per heavy atom. The molecule has 2 amide bonds. The minimum atomic E-state index is -3.82. The largest absolute Gasteiger partial charge is 0.336 e. The lowest BCUT2D eigenvalue weighted by atomic mass is 9.99. The van der Waals surface area contributed by atoms with E-state index in [1.54, 1.807) is 12.1 Å². The van der Waals surface area contributed by atoms with Gasteiger partial charge < -0.3 is 14.7 Å². The molecule has 5 atom stereocenters. The van der Waals surface area contributed by atoms with Crippen LogP contribution in [0.2, 0.25) is 4.34 Å². The van der Waals surface area contributed by atoms with Crippen molar-refractivity contribution in [3.8, 4) is 0 Å². The smallest absolute Gasteiger partial charge is 0.242 e. The molecule has 1 aromatic rings. The number of sulfonamides is 1. The normalized spacial score (nSPS) is 31.3. The molecular formula is C25H35ClN4O4S2. The van der Waals surface area contributed by atoms with Crippen molar-refractivity contribution in [3.63, 3.8) is 0 Å². The predicted octanol–water partition coefficient (Wildman–Crippen LogP) is 2.86. The third-order valence-corrected chi connectivity index (χ3v) is 10.3. The molecular weight excluding hydrogens is 520 g/mol. The van der Waals surface area contributed by atoms with E-state index in [1.807, 2.05) is 4.90 Å². The fraction of sp³-hybridized carbons (Fsp3) is 0.680. The summed E-state index contributed by atoms with van der Waals surface area (Å²) in [4.78, 5) is 33.2. The summed E-state index contributed by atoms with van der Waals surface area (Å²) in [7, 11) is -3.82. The number of nitrogens with zero attached hydrogens (tertiary/aromatic N) is 3. The van der Waals surface area contributed by atoms with Gasteiger partial charge in [0.05, 0.1) is 10.9 Å². The summed E-state index contributed by atoms with van der Waals surface area (Å²) in [6, 6.07) is 2.82. The zero-order valence-electron chi connectivity index (χ0n) is 20.6. The molecule has 198 valence electrons. The van der Waals surface area contributed by atoms with Crippen molar-refractivity contribution >= 4 is 50.9 Å². The van der Waals surface area contributed by atoms with Gasteiger partial charge in [0.2, 0.25) is 21.8 Å². The highest BCUT2D eigenvalue weighted by molar-refractivity contribution is 7.92. The lowest BCUT2D eigenvalue weighted by molar-refractivity contribution is -0.144. The van der Waals surface area contributed by atoms with Crippen LogP contribution in [0.3, 0.4) is 0 Å². The highest BCUT2D eigenvalue weighted by atomic mass is 35.5. The molecule has 5 rings (SSSR count). The predicted molar refractivity (Wildman–Crippen MR) is 142 cm³/mol. The van der Waals surface area contributed by atoms with Crippen molar-refractivity contribution in [2.75, 3.05) is 39.3 Å². The van der Waals surface area contributed by atoms with Crippen molar-refractivity contribution in [3.05, 3.63) is 26.8 Å². The standard InChI is InChI=1S/C25H35ClN4O4S2/c1-17-4-2-9-28(13-17)15-22-20-12-18(20)14-30(22)24(31)16-29-10-3-5-21(25(29)32)27-36(33,34)11-8-19-6-7-23(26)35-19/h6-8,11,17-18,20-22,27H,2-5,9-10,12-16H2,1H3/b11-8+. The van der Waals surface area contributed by atoms with E-state index in [4.69, 9.17) is 11.6 Å². The number of piperidine rings is 3. The second-order valence-electron chi connectivity index (χ2n) is 10.8. The van der Waals surface area contributed by atoms with Crippen LogP contribution in [-0.2, 0) is 19.6 Å². The van der Waals surface area contributed by atoms with Crippen LogP contribution in [0.25, 0.3) is 6.08 Å². The molecule has 0 spiro atoms. The molecule has 4 heterocycles. The van der Waals surface area contributed by atoms with Gasteiger partial charge >= 0.3 is 0 Å². The Hall–Kier alpha value is -1.46. The third-order valence-electron chi connectivity index (χ3n) is 7.98. The third kappa shape index (κ3) is 6.15. The number of hydrogen-bond donors (Lipinski definition) is 1. The van der Waals surface area contributed by atoms with Crippen molar-refractivity contribution in [2.45, 2.75) is 51.1 Å². The minimum Gasteiger partial charge on any atom is -0.336 e. The van der Waals surface area contributed by atoms with E-state index in [0.29, 0.717) is 46.4 Å². The lowest BCUT2D eigenvalue weighted by Crippen LogP contribution is -2.55. The maximum Gasteiger partial charge on any atom is 0.242 e. The number of thiophene rings is 1. The van der Waals surface area contributed by atoms with E-state index in [1.165, 1.54) is 41.6 Å². The second-order valence-corrected chi connectivity index (χ2v) is 14.2. The Morgan fingerprint density at radius 3 is 2.78 bits per heavy atom. The van der Waals surface area contributed by atoms with E-state index in [0.717, 1.165) is 31.6 Å². The maximum atomic E-state index is 13.3. The molecule has 0 bridgehead atoms. The summed E-state index contributed by atoms with van der Waals surface area (Å²) in [5.41, 5.74) is 0. The first-order valence-electron chi connectivity index (χ1n) is 12.9. The van der Waals surface area contributed by atoms with E-state index >= 15 is 0 Å². The molecule has 1 aliphatic carbocycles. The molecule has 1 aromatic heterocycles. The monoisotopic (exact) mass is 554 g/mol. The molecule has 4 aliphatic rings. The van der Waals surface area contributed by atoms with Crippen LogP contribution in [0.4, 0.5) is 0 Å². The first-order chi connectivity index (χ1) is 17.2. The quantitative estimate of drug-likeness (QED) is 0.534. The Bertz CT molecular complexity index is 1120. The minimum absolute atomic E-state index is 0.0106. The molecule has 1 saturated carbocycles. The van der Waals surface area contributed by atoms with Crippen LogP contribution in [0.5, 0.6) is 0 Å². The maximum absolute atomic E-state index is 13.3. The average Bonchev–Trinajstić information content (AvgIpc) is 3.33. The number of carbonyl (C=O) groups is 2. The number of nitrogens with one attached hydrogen (secondary N) is 1. The molecule has 5 unspecified atom stereocenters. The van der Waals surface area contributed by atoms with E-state index in [9.17, 15) is 18.0 Å². The zero-order chi connectivity index (χ0) is 25.4. The van der Waals surface area contributed by atoms with Crippen molar-refractivity contribution in [1.82, 2.24) is 19.4 Å². The van der Waals surface area contributed by atoms with Crippen LogP contribution < -0.4 is 4.72 Å². The molecule has 11 heteroatoms. The van der Waals surface area contributed by atoms with E-state index in [2.05, 4.69) is 16.5 Å². The molecule has 36 heavy (non-hydrogen) atoms. The van der Waals surface area contributed by atoms with Gasteiger partial charge in [-0.3, -0.25) is 9.59 Å². The molecule has 3 aliphatic heterocycles. The van der Waals surface area contributed by atoms with Gasteiger partial charge in [0.25, 0.3) is 0 Å². The molecule has 8 nitrogen and oxygen atoms in total. The van der Waals surface area contributed by atoms with Gasteiger partial charge in [0.15, 0.2) is 0 Å². The number of fused-ring (bicyclic) bond motifs is 1. The van der Waals surface area contributed by atoms with Crippen LogP contribution in [0.1, 0.15) is 43.9 Å². The number of likely N-dealkylation sites (tertiary alicyclic amines) is 3. The highest BCUT2D eigenvalue weighted by Crippen LogP contribution is 2.50. The van der Waals surface area contributed by atoms with Crippen molar-refractivity contribution in [2.24, 2.45) is 17.8 Å². The highest BCUT2D eigenvalue weighted by Gasteiger charge is 2.54. The van der Waals surface area contributed by atoms with E-state index in [-0.39, 0.29) is 24.4 Å². The number of halogens is 1. The van der Waals surface area contributed by atoms with Crippen LogP contribution in [-0.4, -0.2) is 86.3 Å². The Labute approximate surface area is 222 Å². The number of amides is 2. The average molecular weight is 555 g/mol. The molecule has 0 radical (unpaired) electrons. The van der Waals surface area contributed by atoms with Crippen molar-refractivity contribution < 1.29 is 18.0 Å². The van der Waals surface area contributed by atoms with E-state index < -0.39 is 16.1 Å². The number of rotatable bonds is 8. The summed E-state index contributed by atoms with van der Waals surface area (Å²) >= 11 is 7.17. The van der Waals surface area contributed by atoms with Crippen LogP contribution >= 0.6 is 22.9 Å². The molecule has 1 N–H and O–H groups in total. The van der Waals surface area contributed by atoms with Crippen LogP contribution in [0, 0.1) is 17.8 Å². The van der Waals surface area contributed by atoms with Gasteiger partial charge in [-0.05, 0) is 74.6 Å². The number of carbonyl (C=O) groups excluding carboxylic acids is 2. The first kappa shape index (κ1) is 26.2. The lowest BCUT2D eigenvalue weighted by Gasteiger charge is -2.38. The first-order valence-corrected chi connectivity index (χ1v) is 15.7. The topological polar surface area (TPSA) is 90.0 Å². The summed E-state index contributed by atoms with van der Waals surface area (Å²) in [6.45, 7) is 6.69. The summed E-state index contributed by atoms with van der Waals surface area (Å²) in [5, 5.41) is 1.06. The van der Waals surface area contributed by atoms with Crippen LogP contribution in [0.15, 0.2) is 17.5 Å². The molecule has 0 aromatic carbocycles. The molecule has 4 fully saturated rings. The fourth-order valence-electron chi connectivity index (χ4n) is 6.08. The number of hydrogen-bond acceptors (Lipinski definition) is 6. The Balaban J connectivity index is 1.17. The molecule has 3 saturated heterocycles. The SMILES string of the molecule is CC1CCCN(CC2C3CC3CN2C(=O)CN2CCCC(NS(=O)(=O)/C=C/c3ccc(Cl)s3)C2=O)C1. The Morgan fingerprint density at radius 1 is 1.22 bits per heavy atom. The van der Waals surface area contributed by atoms with Crippen molar-refractivity contribution in [1.29, 1.82) is 0 Å². The fourth-order valence-corrected chi connectivity index (χ4v) is 8.15. The summed E-state index contributed by atoms with van der Waals surface area (Å²) < 4.78 is 28.2. The van der Waals surface area contributed by atoms with Gasteiger partial charge in [-0.15, -0.1) is 11.3 Å². The van der Waals surface area contributed by atoms with Gasteiger partial charge in [-0.25, -0.2) is 8.42 Å². The zero-order valence-corrected chi connectivity index (χ0v) is 23.0. The second kappa shape index (κ2) is 10.7.